The minimum absolute atomic E-state index is 0.0683. The van der Waals surface area contributed by atoms with E-state index in [1.54, 1.807) is 0 Å². The predicted molar refractivity (Wildman–Crippen MR) is 94.5 cm³/mol. The average Bonchev–Trinajstić information content (AvgIpc) is 3.06. The van der Waals surface area contributed by atoms with Crippen LogP contribution in [-0.4, -0.2) is 36.2 Å². The first-order valence-corrected chi connectivity index (χ1v) is 10.7. The molecular formula is C19H31NO2S. The van der Waals surface area contributed by atoms with Crippen LogP contribution in [0.25, 0.3) is 0 Å². The Morgan fingerprint density at radius 1 is 1.09 bits per heavy atom. The quantitative estimate of drug-likeness (QED) is 0.804. The van der Waals surface area contributed by atoms with E-state index in [0.717, 1.165) is 23.6 Å². The summed E-state index contributed by atoms with van der Waals surface area (Å²) >= 11 is 1.86. The SMILES string of the molecule is COC1(CNC(=O)CSC2CCCC2)C2CC3CC(C2)CC1C3. The van der Waals surface area contributed by atoms with E-state index in [2.05, 4.69) is 5.32 Å². The molecule has 1 N–H and O–H groups in total. The van der Waals surface area contributed by atoms with Crippen molar-refractivity contribution < 1.29 is 9.53 Å². The topological polar surface area (TPSA) is 38.3 Å². The Morgan fingerprint density at radius 3 is 2.26 bits per heavy atom. The number of carbonyl (C=O) groups excluding carboxylic acids is 1. The molecule has 5 rings (SSSR count). The molecule has 4 heteroatoms. The molecule has 0 radical (unpaired) electrons. The summed E-state index contributed by atoms with van der Waals surface area (Å²) in [6, 6.07) is 0. The van der Waals surface area contributed by atoms with Crippen LogP contribution in [0.3, 0.4) is 0 Å². The summed E-state index contributed by atoms with van der Waals surface area (Å²) in [5, 5.41) is 3.96. The van der Waals surface area contributed by atoms with Gasteiger partial charge in [-0.15, -0.1) is 11.8 Å². The standard InChI is InChI=1S/C19H31NO2S/c1-22-19(12-20-18(21)11-23-17-4-2-3-5-17)15-7-13-6-14(9-15)10-16(19)8-13/h13-17H,2-12H2,1H3,(H,20,21). The fourth-order valence-electron chi connectivity index (χ4n) is 6.21. The molecule has 0 spiro atoms. The molecule has 1 amide bonds. The maximum atomic E-state index is 12.3. The van der Waals surface area contributed by atoms with E-state index in [9.17, 15) is 4.79 Å². The molecule has 0 heterocycles. The van der Waals surface area contributed by atoms with Crippen molar-refractivity contribution in [3.63, 3.8) is 0 Å². The van der Waals surface area contributed by atoms with E-state index in [0.29, 0.717) is 17.6 Å². The molecule has 0 unspecified atom stereocenters. The van der Waals surface area contributed by atoms with Crippen LogP contribution >= 0.6 is 11.8 Å². The number of hydrogen-bond acceptors (Lipinski definition) is 3. The molecule has 0 aromatic carbocycles. The third-order valence-electron chi connectivity index (χ3n) is 7.21. The maximum Gasteiger partial charge on any atom is 0.230 e. The van der Waals surface area contributed by atoms with Crippen LogP contribution in [0.15, 0.2) is 0 Å². The van der Waals surface area contributed by atoms with Gasteiger partial charge in [-0.25, -0.2) is 0 Å². The number of carbonyl (C=O) groups is 1. The molecule has 4 bridgehead atoms. The molecule has 5 aliphatic carbocycles. The minimum atomic E-state index is -0.0683. The average molecular weight is 338 g/mol. The molecule has 0 aromatic rings. The van der Waals surface area contributed by atoms with Crippen molar-refractivity contribution in [3.05, 3.63) is 0 Å². The Kier molecular flexibility index (Phi) is 4.66. The van der Waals surface area contributed by atoms with Gasteiger partial charge in [0, 0.05) is 18.9 Å². The monoisotopic (exact) mass is 337 g/mol. The van der Waals surface area contributed by atoms with Crippen molar-refractivity contribution >= 4 is 17.7 Å². The second-order valence-corrected chi connectivity index (χ2v) is 9.75. The number of rotatable bonds is 6. The first-order valence-electron chi connectivity index (χ1n) is 9.63. The van der Waals surface area contributed by atoms with Crippen LogP contribution in [0.5, 0.6) is 0 Å². The second-order valence-electron chi connectivity index (χ2n) is 8.46. The molecule has 23 heavy (non-hydrogen) atoms. The van der Waals surface area contributed by atoms with E-state index in [1.807, 2.05) is 18.9 Å². The number of ether oxygens (including phenoxy) is 1. The largest absolute Gasteiger partial charge is 0.376 e. The Labute approximate surface area is 144 Å². The zero-order chi connectivity index (χ0) is 15.9. The molecule has 0 aromatic heterocycles. The Balaban J connectivity index is 1.32. The van der Waals surface area contributed by atoms with E-state index in [1.165, 1.54) is 57.8 Å². The number of amides is 1. The second kappa shape index (κ2) is 6.59. The summed E-state index contributed by atoms with van der Waals surface area (Å²) in [6.45, 7) is 0.738. The van der Waals surface area contributed by atoms with Gasteiger partial charge >= 0.3 is 0 Å². The van der Waals surface area contributed by atoms with E-state index >= 15 is 0 Å². The van der Waals surface area contributed by atoms with Gasteiger partial charge in [0.1, 0.15) is 0 Å². The smallest absolute Gasteiger partial charge is 0.230 e. The van der Waals surface area contributed by atoms with Gasteiger partial charge in [0.25, 0.3) is 0 Å². The van der Waals surface area contributed by atoms with Gasteiger partial charge in [0.05, 0.1) is 11.4 Å². The third kappa shape index (κ3) is 3.06. The lowest BCUT2D eigenvalue weighted by atomic mass is 9.49. The van der Waals surface area contributed by atoms with Gasteiger partial charge in [-0.3, -0.25) is 4.79 Å². The fourth-order valence-corrected chi connectivity index (χ4v) is 7.37. The molecule has 130 valence electrons. The fraction of sp³-hybridized carbons (Fsp3) is 0.947. The van der Waals surface area contributed by atoms with Gasteiger partial charge in [0.2, 0.25) is 5.91 Å². The molecule has 0 atom stereocenters. The molecule has 3 nitrogen and oxygen atoms in total. The van der Waals surface area contributed by atoms with Crippen molar-refractivity contribution in [3.8, 4) is 0 Å². The highest BCUT2D eigenvalue weighted by Gasteiger charge is 2.57. The number of thioether (sulfide) groups is 1. The van der Waals surface area contributed by atoms with Crippen LogP contribution in [0.1, 0.15) is 57.8 Å². The minimum Gasteiger partial charge on any atom is -0.376 e. The summed E-state index contributed by atoms with van der Waals surface area (Å²) in [5.74, 6) is 4.07. The third-order valence-corrected chi connectivity index (χ3v) is 8.59. The maximum absolute atomic E-state index is 12.3. The Hall–Kier alpha value is -0.220. The predicted octanol–water partition coefficient (Wildman–Crippen LogP) is 3.62. The van der Waals surface area contributed by atoms with E-state index in [-0.39, 0.29) is 11.5 Å². The summed E-state index contributed by atoms with van der Waals surface area (Å²) < 4.78 is 6.12. The lowest BCUT2D eigenvalue weighted by molar-refractivity contribution is -0.188. The molecular weight excluding hydrogens is 306 g/mol. The van der Waals surface area contributed by atoms with Crippen molar-refractivity contribution in [2.24, 2.45) is 23.7 Å². The molecule has 5 fully saturated rings. The van der Waals surface area contributed by atoms with Crippen molar-refractivity contribution in [2.45, 2.75) is 68.6 Å². The first-order chi connectivity index (χ1) is 11.2. The van der Waals surface area contributed by atoms with Gasteiger partial charge in [-0.1, -0.05) is 12.8 Å². The molecule has 0 saturated heterocycles. The lowest BCUT2D eigenvalue weighted by Gasteiger charge is -2.60. The van der Waals surface area contributed by atoms with Crippen LogP contribution in [0, 0.1) is 23.7 Å². The molecule has 5 aliphatic rings. The van der Waals surface area contributed by atoms with Crippen LogP contribution in [0.2, 0.25) is 0 Å². The number of methoxy groups -OCH3 is 1. The van der Waals surface area contributed by atoms with Crippen molar-refractivity contribution in [1.82, 2.24) is 5.32 Å². The van der Waals surface area contributed by atoms with E-state index in [4.69, 9.17) is 4.74 Å². The van der Waals surface area contributed by atoms with Gasteiger partial charge in [-0.2, -0.15) is 0 Å². The van der Waals surface area contributed by atoms with Gasteiger partial charge in [-0.05, 0) is 68.6 Å². The number of hydrogen-bond donors (Lipinski definition) is 1. The zero-order valence-electron chi connectivity index (χ0n) is 14.4. The normalized spacial score (nSPS) is 42.3. The van der Waals surface area contributed by atoms with Crippen LogP contribution in [-0.2, 0) is 9.53 Å². The lowest BCUT2D eigenvalue weighted by Crippen LogP contribution is -2.63. The van der Waals surface area contributed by atoms with Gasteiger partial charge in [0.15, 0.2) is 0 Å². The zero-order valence-corrected chi connectivity index (χ0v) is 15.2. The van der Waals surface area contributed by atoms with Crippen molar-refractivity contribution in [2.75, 3.05) is 19.4 Å². The molecule has 0 aliphatic heterocycles. The highest BCUT2D eigenvalue weighted by molar-refractivity contribution is 8.00. The van der Waals surface area contributed by atoms with Crippen molar-refractivity contribution in [1.29, 1.82) is 0 Å². The summed E-state index contributed by atoms with van der Waals surface area (Å²) in [5.41, 5.74) is -0.0683. The van der Waals surface area contributed by atoms with Crippen LogP contribution in [0.4, 0.5) is 0 Å². The summed E-state index contributed by atoms with van der Waals surface area (Å²) in [6.07, 6.45) is 12.1. The highest BCUT2D eigenvalue weighted by Crippen LogP contribution is 2.59. The highest BCUT2D eigenvalue weighted by atomic mass is 32.2. The summed E-state index contributed by atoms with van der Waals surface area (Å²) in [4.78, 5) is 12.3. The Morgan fingerprint density at radius 2 is 1.70 bits per heavy atom. The van der Waals surface area contributed by atoms with Crippen LogP contribution < -0.4 is 5.32 Å². The summed E-state index contributed by atoms with van der Waals surface area (Å²) in [7, 11) is 1.88. The first kappa shape index (κ1) is 16.3. The molecule has 5 saturated carbocycles. The number of nitrogens with one attached hydrogen (secondary N) is 1. The Bertz CT molecular complexity index is 419. The van der Waals surface area contributed by atoms with Gasteiger partial charge < -0.3 is 10.1 Å². The van der Waals surface area contributed by atoms with E-state index < -0.39 is 0 Å².